The second-order valence-corrected chi connectivity index (χ2v) is 13.5. The van der Waals surface area contributed by atoms with Gasteiger partial charge in [0.1, 0.15) is 12.1 Å². The maximum absolute atomic E-state index is 14.0. The van der Waals surface area contributed by atoms with Crippen LogP contribution in [0.3, 0.4) is 0 Å². The van der Waals surface area contributed by atoms with Gasteiger partial charge in [0.25, 0.3) is 11.8 Å². The van der Waals surface area contributed by atoms with Gasteiger partial charge in [-0.25, -0.2) is 0 Å². The lowest BCUT2D eigenvalue weighted by Gasteiger charge is -2.29. The SMILES string of the molecule is CC(C)C[C@H](NC(=O)c1ccc(C(C)(C)C)cc1)C(=O)N1CC[C@@H]2[C@H]1C(=O)CN2C(=O)c1ccccc1Cc1ccccc1. The summed E-state index contributed by atoms with van der Waals surface area (Å²) in [7, 11) is 0. The maximum Gasteiger partial charge on any atom is 0.254 e. The summed E-state index contributed by atoms with van der Waals surface area (Å²) in [5, 5.41) is 2.96. The van der Waals surface area contributed by atoms with E-state index in [4.69, 9.17) is 0 Å². The molecule has 0 spiro atoms. The average molecular weight is 594 g/mol. The number of Topliss-reactive ketones (excluding diaryl/α,β-unsaturated/α-hetero) is 1. The second-order valence-electron chi connectivity index (χ2n) is 13.5. The molecule has 2 aliphatic rings. The zero-order valence-electron chi connectivity index (χ0n) is 26.4. The lowest BCUT2D eigenvalue weighted by molar-refractivity contribution is -0.138. The molecule has 3 amide bonds. The highest BCUT2D eigenvalue weighted by Gasteiger charge is 2.52. The Kier molecular flexibility index (Phi) is 9.05. The van der Waals surface area contributed by atoms with Crippen molar-refractivity contribution in [3.63, 3.8) is 0 Å². The number of rotatable bonds is 8. The highest BCUT2D eigenvalue weighted by molar-refractivity contribution is 6.04. The van der Waals surface area contributed by atoms with E-state index < -0.39 is 12.1 Å². The van der Waals surface area contributed by atoms with Crippen molar-refractivity contribution in [1.29, 1.82) is 0 Å². The van der Waals surface area contributed by atoms with E-state index in [9.17, 15) is 19.2 Å². The van der Waals surface area contributed by atoms with E-state index in [1.807, 2.05) is 80.6 Å². The van der Waals surface area contributed by atoms with Crippen LogP contribution in [-0.2, 0) is 21.4 Å². The Morgan fingerprint density at radius 1 is 0.886 bits per heavy atom. The Balaban J connectivity index is 1.32. The molecule has 0 saturated carbocycles. The molecule has 0 radical (unpaired) electrons. The van der Waals surface area contributed by atoms with Gasteiger partial charge in [-0.15, -0.1) is 0 Å². The van der Waals surface area contributed by atoms with Gasteiger partial charge in [-0.05, 0) is 65.5 Å². The molecule has 0 unspecified atom stereocenters. The molecule has 0 aromatic heterocycles. The number of carbonyl (C=O) groups excluding carboxylic acids is 4. The first-order valence-corrected chi connectivity index (χ1v) is 15.6. The molecular weight excluding hydrogens is 550 g/mol. The largest absolute Gasteiger partial charge is 0.340 e. The molecule has 7 heteroatoms. The maximum atomic E-state index is 14.0. The van der Waals surface area contributed by atoms with E-state index in [2.05, 4.69) is 26.1 Å². The van der Waals surface area contributed by atoms with Gasteiger partial charge >= 0.3 is 0 Å². The predicted octanol–water partition coefficient (Wildman–Crippen LogP) is 5.41. The minimum absolute atomic E-state index is 0.0288. The molecule has 2 heterocycles. The third-order valence-corrected chi connectivity index (χ3v) is 8.78. The molecule has 7 nitrogen and oxygen atoms in total. The summed E-state index contributed by atoms with van der Waals surface area (Å²) < 4.78 is 0. The highest BCUT2D eigenvalue weighted by atomic mass is 16.2. The van der Waals surface area contributed by atoms with Gasteiger partial charge in [0, 0.05) is 17.7 Å². The number of amides is 3. The zero-order valence-corrected chi connectivity index (χ0v) is 26.4. The Hall–Kier alpha value is -4.26. The Morgan fingerprint density at radius 2 is 1.55 bits per heavy atom. The first-order chi connectivity index (χ1) is 20.9. The minimum atomic E-state index is -0.771. The third kappa shape index (κ3) is 6.62. The van der Waals surface area contributed by atoms with E-state index in [0.29, 0.717) is 36.9 Å². The van der Waals surface area contributed by atoms with Crippen molar-refractivity contribution in [3.05, 3.63) is 107 Å². The fraction of sp³-hybridized carbons (Fsp3) is 0.405. The number of nitrogens with one attached hydrogen (secondary N) is 1. The van der Waals surface area contributed by atoms with Gasteiger partial charge in [-0.3, -0.25) is 19.2 Å². The number of hydrogen-bond donors (Lipinski definition) is 1. The van der Waals surface area contributed by atoms with Gasteiger partial charge < -0.3 is 15.1 Å². The van der Waals surface area contributed by atoms with Crippen molar-refractivity contribution in [2.24, 2.45) is 5.92 Å². The highest BCUT2D eigenvalue weighted by Crippen LogP contribution is 2.32. The van der Waals surface area contributed by atoms with E-state index in [1.165, 1.54) is 0 Å². The van der Waals surface area contributed by atoms with Gasteiger partial charge in [-0.2, -0.15) is 0 Å². The average Bonchev–Trinajstić information content (AvgIpc) is 3.57. The molecular formula is C37H43N3O4. The monoisotopic (exact) mass is 593 g/mol. The van der Waals surface area contributed by atoms with Crippen LogP contribution in [0.4, 0.5) is 0 Å². The van der Waals surface area contributed by atoms with Crippen molar-refractivity contribution in [3.8, 4) is 0 Å². The van der Waals surface area contributed by atoms with Crippen LogP contribution >= 0.6 is 0 Å². The predicted molar refractivity (Wildman–Crippen MR) is 171 cm³/mol. The smallest absolute Gasteiger partial charge is 0.254 e. The molecule has 5 rings (SSSR count). The van der Waals surface area contributed by atoms with Crippen molar-refractivity contribution in [2.45, 2.75) is 77.4 Å². The summed E-state index contributed by atoms with van der Waals surface area (Å²) >= 11 is 0. The fourth-order valence-corrected chi connectivity index (χ4v) is 6.45. The van der Waals surface area contributed by atoms with Crippen LogP contribution in [0.5, 0.6) is 0 Å². The van der Waals surface area contributed by atoms with Crippen LogP contribution in [-0.4, -0.2) is 64.5 Å². The molecule has 44 heavy (non-hydrogen) atoms. The summed E-state index contributed by atoms with van der Waals surface area (Å²) in [5.74, 6) is -0.758. The molecule has 3 aromatic carbocycles. The molecule has 230 valence electrons. The van der Waals surface area contributed by atoms with Gasteiger partial charge in [0.2, 0.25) is 5.91 Å². The van der Waals surface area contributed by atoms with Crippen LogP contribution in [0.2, 0.25) is 0 Å². The van der Waals surface area contributed by atoms with Gasteiger partial charge in [0.15, 0.2) is 5.78 Å². The van der Waals surface area contributed by atoms with Crippen LogP contribution in [0, 0.1) is 5.92 Å². The number of ketones is 1. The Labute approximate surface area is 260 Å². The molecule has 3 atom stereocenters. The summed E-state index contributed by atoms with van der Waals surface area (Å²) in [6.45, 7) is 10.7. The standard InChI is InChI=1S/C37H43N3O4/c1-24(2)21-30(38-34(42)26-15-17-28(18-16-26)37(3,4)5)36(44)39-20-19-31-33(39)32(41)23-40(31)35(43)29-14-10-9-13-27(29)22-25-11-7-6-8-12-25/h6-18,24,30-31,33H,19-23H2,1-5H3,(H,38,42)/t30-,31+,33-/m0/s1. The van der Waals surface area contributed by atoms with Crippen molar-refractivity contribution < 1.29 is 19.2 Å². The van der Waals surface area contributed by atoms with Crippen molar-refractivity contribution in [2.75, 3.05) is 13.1 Å². The summed E-state index contributed by atoms with van der Waals surface area (Å²) in [6, 6.07) is 23.1. The number of likely N-dealkylation sites (tertiary alicyclic amines) is 2. The van der Waals surface area contributed by atoms with E-state index in [0.717, 1.165) is 16.7 Å². The minimum Gasteiger partial charge on any atom is -0.340 e. The molecule has 3 aromatic rings. The quantitative estimate of drug-likeness (QED) is 0.378. The Bertz CT molecular complexity index is 1520. The van der Waals surface area contributed by atoms with Crippen LogP contribution < -0.4 is 5.32 Å². The van der Waals surface area contributed by atoms with E-state index >= 15 is 0 Å². The lowest BCUT2D eigenvalue weighted by Crippen LogP contribution is -2.53. The van der Waals surface area contributed by atoms with E-state index in [-0.39, 0.29) is 47.4 Å². The zero-order chi connectivity index (χ0) is 31.6. The number of benzene rings is 3. The summed E-state index contributed by atoms with van der Waals surface area (Å²) in [5.41, 5.74) is 4.15. The van der Waals surface area contributed by atoms with Gasteiger partial charge in [-0.1, -0.05) is 95.3 Å². The summed E-state index contributed by atoms with van der Waals surface area (Å²) in [6.07, 6.45) is 1.58. The molecule has 2 fully saturated rings. The fourth-order valence-electron chi connectivity index (χ4n) is 6.45. The first-order valence-electron chi connectivity index (χ1n) is 15.6. The van der Waals surface area contributed by atoms with Crippen molar-refractivity contribution >= 4 is 23.5 Å². The number of nitrogens with zero attached hydrogens (tertiary/aromatic N) is 2. The molecule has 0 bridgehead atoms. The topological polar surface area (TPSA) is 86.8 Å². The first kappa shape index (κ1) is 31.2. The third-order valence-electron chi connectivity index (χ3n) is 8.78. The number of hydrogen-bond acceptors (Lipinski definition) is 4. The molecule has 0 aliphatic carbocycles. The van der Waals surface area contributed by atoms with Crippen LogP contribution in [0.15, 0.2) is 78.9 Å². The molecule has 2 saturated heterocycles. The molecule has 2 aliphatic heterocycles. The van der Waals surface area contributed by atoms with Crippen LogP contribution in [0.1, 0.15) is 84.9 Å². The number of carbonyl (C=O) groups is 4. The van der Waals surface area contributed by atoms with Gasteiger partial charge in [0.05, 0.1) is 12.6 Å². The second kappa shape index (κ2) is 12.8. The molecule has 1 N–H and O–H groups in total. The summed E-state index contributed by atoms with van der Waals surface area (Å²) in [4.78, 5) is 57.8. The lowest BCUT2D eigenvalue weighted by atomic mass is 9.86. The van der Waals surface area contributed by atoms with Crippen LogP contribution in [0.25, 0.3) is 0 Å². The Morgan fingerprint density at radius 3 is 2.20 bits per heavy atom. The normalized spacial score (nSPS) is 18.8. The van der Waals surface area contributed by atoms with E-state index in [1.54, 1.807) is 21.9 Å². The number of fused-ring (bicyclic) bond motifs is 1. The van der Waals surface area contributed by atoms with Crippen molar-refractivity contribution in [1.82, 2.24) is 15.1 Å².